The van der Waals surface area contributed by atoms with Gasteiger partial charge in [-0.2, -0.15) is 0 Å². The smallest absolute Gasteiger partial charge is 0.241 e. The van der Waals surface area contributed by atoms with Gasteiger partial charge in [-0.25, -0.2) is 13.1 Å². The van der Waals surface area contributed by atoms with Crippen molar-refractivity contribution in [2.45, 2.75) is 29.6 Å². The van der Waals surface area contributed by atoms with Crippen LogP contribution in [0.15, 0.2) is 71.6 Å². The molecule has 1 amide bonds. The number of aliphatic hydroxyl groups is 1. The first kappa shape index (κ1) is 25.2. The van der Waals surface area contributed by atoms with Gasteiger partial charge < -0.3 is 24.4 Å². The minimum Gasteiger partial charge on any atom is -0.497 e. The van der Waals surface area contributed by atoms with Crippen molar-refractivity contribution in [1.82, 2.24) is 9.62 Å². The van der Waals surface area contributed by atoms with Gasteiger partial charge in [-0.15, -0.1) is 0 Å². The monoisotopic (exact) mass is 501 g/mol. The fraction of sp³-hybridized carbons (Fsp3) is 0.400. The second kappa shape index (κ2) is 11.2. The molecule has 188 valence electrons. The fourth-order valence-electron chi connectivity index (χ4n) is 4.27. The Bertz CT molecular complexity index is 1120. The number of para-hydroxylation sites is 1. The third kappa shape index (κ3) is 6.21. The first-order valence-corrected chi connectivity index (χ1v) is 13.1. The molecule has 35 heavy (non-hydrogen) atoms. The molecule has 2 aromatic carbocycles. The van der Waals surface area contributed by atoms with Crippen molar-refractivity contribution < 1.29 is 27.8 Å². The van der Waals surface area contributed by atoms with E-state index >= 15 is 0 Å². The quantitative estimate of drug-likeness (QED) is 0.527. The van der Waals surface area contributed by atoms with E-state index in [9.17, 15) is 18.3 Å². The van der Waals surface area contributed by atoms with Gasteiger partial charge in [0.1, 0.15) is 11.9 Å². The summed E-state index contributed by atoms with van der Waals surface area (Å²) in [5, 5.41) is 9.82. The Labute approximate surface area is 206 Å². The van der Waals surface area contributed by atoms with Gasteiger partial charge in [-0.3, -0.25) is 4.79 Å². The second-order valence-electron chi connectivity index (χ2n) is 8.51. The topological polar surface area (TPSA) is 108 Å². The first-order valence-electron chi connectivity index (χ1n) is 11.6. The third-order valence-corrected chi connectivity index (χ3v) is 7.73. The lowest BCUT2D eigenvalue weighted by Gasteiger charge is -2.37. The van der Waals surface area contributed by atoms with E-state index in [1.54, 1.807) is 24.3 Å². The largest absolute Gasteiger partial charge is 0.497 e. The van der Waals surface area contributed by atoms with E-state index in [1.807, 2.05) is 23.1 Å². The highest BCUT2D eigenvalue weighted by Crippen LogP contribution is 2.21. The van der Waals surface area contributed by atoms with E-state index in [-0.39, 0.29) is 23.8 Å². The molecule has 2 aromatic rings. The maximum absolute atomic E-state index is 12.9. The molecule has 0 aliphatic carbocycles. The predicted octanol–water partition coefficient (Wildman–Crippen LogP) is 1.40. The van der Waals surface area contributed by atoms with Gasteiger partial charge in [0.15, 0.2) is 0 Å². The van der Waals surface area contributed by atoms with Gasteiger partial charge in [-0.1, -0.05) is 30.4 Å². The summed E-state index contributed by atoms with van der Waals surface area (Å²) in [4.78, 5) is 17.0. The Kier molecular flexibility index (Phi) is 8.07. The van der Waals surface area contributed by atoms with Crippen LogP contribution in [0.5, 0.6) is 5.75 Å². The molecule has 0 aromatic heterocycles. The Hall–Kier alpha value is -2.92. The molecule has 1 saturated heterocycles. The van der Waals surface area contributed by atoms with Gasteiger partial charge in [0.2, 0.25) is 15.9 Å². The zero-order valence-corrected chi connectivity index (χ0v) is 20.4. The molecule has 0 radical (unpaired) electrons. The van der Waals surface area contributed by atoms with Crippen molar-refractivity contribution in [3.63, 3.8) is 0 Å². The number of hydrogen-bond acceptors (Lipinski definition) is 7. The minimum absolute atomic E-state index is 0.0266. The maximum atomic E-state index is 12.9. The number of methoxy groups -OCH3 is 1. The van der Waals surface area contributed by atoms with Gasteiger partial charge >= 0.3 is 0 Å². The van der Waals surface area contributed by atoms with Gasteiger partial charge in [0.05, 0.1) is 37.2 Å². The number of sulfonamides is 1. The second-order valence-corrected chi connectivity index (χ2v) is 10.2. The molecule has 3 atom stereocenters. The summed E-state index contributed by atoms with van der Waals surface area (Å²) in [7, 11) is -2.34. The van der Waals surface area contributed by atoms with E-state index in [0.717, 1.165) is 18.8 Å². The van der Waals surface area contributed by atoms with Crippen LogP contribution in [-0.2, 0) is 19.6 Å². The number of ether oxygens (including phenoxy) is 2. The number of rotatable bonds is 8. The summed E-state index contributed by atoms with van der Waals surface area (Å²) >= 11 is 0. The van der Waals surface area contributed by atoms with Crippen molar-refractivity contribution in [2.75, 3.05) is 44.8 Å². The lowest BCUT2D eigenvalue weighted by molar-refractivity contribution is -0.135. The number of piperazine rings is 1. The predicted molar refractivity (Wildman–Crippen MR) is 132 cm³/mol. The molecular weight excluding hydrogens is 470 g/mol. The normalized spacial score (nSPS) is 22.7. The summed E-state index contributed by atoms with van der Waals surface area (Å²) in [5.41, 5.74) is 1.15. The van der Waals surface area contributed by atoms with Gasteiger partial charge in [0.25, 0.3) is 0 Å². The number of anilines is 1. The van der Waals surface area contributed by atoms with Gasteiger partial charge in [0, 0.05) is 31.9 Å². The van der Waals surface area contributed by atoms with Crippen molar-refractivity contribution in [3.8, 4) is 5.75 Å². The molecule has 2 aliphatic rings. The molecule has 9 nitrogen and oxygen atoms in total. The summed E-state index contributed by atoms with van der Waals surface area (Å²) in [6, 6.07) is 15.4. The standard InChI is InChI=1S/C25H31N3O6S/c1-33-20-7-10-22(11-8-20)35(31,32)26-23-12-9-21(34-24(23)18-29)17-25(30)28-15-13-27(14-16-28)19-5-3-2-4-6-19/h2-12,21,23-24,26,29H,13-18H2,1H3/t21-,23-,24+/m0/s1. The molecule has 0 unspecified atom stereocenters. The molecule has 2 N–H and O–H groups in total. The maximum Gasteiger partial charge on any atom is 0.241 e. The summed E-state index contributed by atoms with van der Waals surface area (Å²) in [6.07, 6.45) is 2.13. The van der Waals surface area contributed by atoms with E-state index in [2.05, 4.69) is 21.8 Å². The number of nitrogens with one attached hydrogen (secondary N) is 1. The van der Waals surface area contributed by atoms with Gasteiger partial charge in [-0.05, 0) is 36.4 Å². The zero-order valence-electron chi connectivity index (χ0n) is 19.6. The average molecular weight is 502 g/mol. The number of carbonyl (C=O) groups is 1. The zero-order chi connectivity index (χ0) is 24.8. The molecule has 0 bridgehead atoms. The van der Waals surface area contributed by atoms with E-state index in [1.165, 1.54) is 19.2 Å². The Balaban J connectivity index is 1.32. The van der Waals surface area contributed by atoms with Crippen molar-refractivity contribution >= 4 is 21.6 Å². The molecule has 0 spiro atoms. The van der Waals surface area contributed by atoms with Crippen molar-refractivity contribution in [3.05, 3.63) is 66.7 Å². The Morgan fingerprint density at radius 1 is 1.06 bits per heavy atom. The van der Waals surface area contributed by atoms with Crippen LogP contribution >= 0.6 is 0 Å². The number of amides is 1. The third-order valence-electron chi connectivity index (χ3n) is 6.25. The molecule has 2 aliphatic heterocycles. The van der Waals surface area contributed by atoms with Crippen LogP contribution in [-0.4, -0.2) is 82.5 Å². The summed E-state index contributed by atoms with van der Waals surface area (Å²) < 4.78 is 39.0. The fourth-order valence-corrected chi connectivity index (χ4v) is 5.49. The van der Waals surface area contributed by atoms with Crippen molar-refractivity contribution in [1.29, 1.82) is 0 Å². The van der Waals surface area contributed by atoms with Crippen LogP contribution in [0, 0.1) is 0 Å². The number of carbonyl (C=O) groups excluding carboxylic acids is 1. The van der Waals surface area contributed by atoms with Crippen LogP contribution in [0.1, 0.15) is 6.42 Å². The lowest BCUT2D eigenvalue weighted by Crippen LogP contribution is -2.51. The minimum atomic E-state index is -3.84. The average Bonchev–Trinajstić information content (AvgIpc) is 2.90. The number of aliphatic hydroxyl groups excluding tert-OH is 1. The molecule has 4 rings (SSSR count). The highest BCUT2D eigenvalue weighted by Gasteiger charge is 2.32. The molecule has 2 heterocycles. The van der Waals surface area contributed by atoms with E-state index in [0.29, 0.717) is 18.8 Å². The van der Waals surface area contributed by atoms with E-state index < -0.39 is 28.3 Å². The summed E-state index contributed by atoms with van der Waals surface area (Å²) in [6.45, 7) is 2.37. The number of hydrogen-bond donors (Lipinski definition) is 2. The highest BCUT2D eigenvalue weighted by molar-refractivity contribution is 7.89. The van der Waals surface area contributed by atoms with Crippen LogP contribution in [0.2, 0.25) is 0 Å². The highest BCUT2D eigenvalue weighted by atomic mass is 32.2. The molecular formula is C25H31N3O6S. The first-order chi connectivity index (χ1) is 16.9. The van der Waals surface area contributed by atoms with Crippen molar-refractivity contribution in [2.24, 2.45) is 0 Å². The lowest BCUT2D eigenvalue weighted by atomic mass is 10.1. The van der Waals surface area contributed by atoms with E-state index in [4.69, 9.17) is 9.47 Å². The van der Waals surface area contributed by atoms with Crippen LogP contribution in [0.25, 0.3) is 0 Å². The Morgan fingerprint density at radius 2 is 1.74 bits per heavy atom. The summed E-state index contributed by atoms with van der Waals surface area (Å²) in [5.74, 6) is 0.522. The number of benzene rings is 2. The molecule has 0 saturated carbocycles. The van der Waals surface area contributed by atoms with Crippen LogP contribution in [0.4, 0.5) is 5.69 Å². The van der Waals surface area contributed by atoms with Crippen LogP contribution < -0.4 is 14.4 Å². The molecule has 10 heteroatoms. The Morgan fingerprint density at radius 3 is 2.37 bits per heavy atom. The SMILES string of the molecule is COc1ccc(S(=O)(=O)N[C@H]2C=C[C@@H](CC(=O)N3CCN(c4ccccc4)CC3)O[C@@H]2CO)cc1. The van der Waals surface area contributed by atoms with Crippen LogP contribution in [0.3, 0.4) is 0 Å². The molecule has 1 fully saturated rings. The number of nitrogens with zero attached hydrogens (tertiary/aromatic N) is 2.